The standard InChI is InChI=1S/C24H33NO14/c1-8-9-33-23(32)24(38-17(7)31)10-18(35-14(4)28)20(25-12(2)26)22(39-24)21(37-16(6)30)19(36-15(5)29)11-34-13(3)27/h8,18-22H,1,9-11H2,2-7H3,(H,25,26)/t18-,19+,20+,21+,22+,24?/m0/s1. The van der Waals surface area contributed by atoms with Crippen molar-refractivity contribution in [3.8, 4) is 0 Å². The van der Waals surface area contributed by atoms with Crippen LogP contribution in [-0.4, -0.2) is 91.2 Å². The molecule has 1 heterocycles. The van der Waals surface area contributed by atoms with Gasteiger partial charge in [-0.2, -0.15) is 0 Å². The Morgan fingerprint density at radius 2 is 1.51 bits per heavy atom. The third-order valence-corrected chi connectivity index (χ3v) is 4.95. The van der Waals surface area contributed by atoms with Crippen molar-refractivity contribution in [1.82, 2.24) is 5.32 Å². The number of carbonyl (C=O) groups is 7. The Kier molecular flexibility index (Phi) is 12.5. The third-order valence-electron chi connectivity index (χ3n) is 4.95. The maximum absolute atomic E-state index is 13.2. The molecule has 15 heteroatoms. The molecular weight excluding hydrogens is 526 g/mol. The molecular formula is C24H33NO14. The number of carbonyl (C=O) groups excluding carboxylic acids is 7. The Morgan fingerprint density at radius 1 is 0.897 bits per heavy atom. The SMILES string of the molecule is C=CCOC(=O)C1(OC(C)=O)C[C@H](OC(C)=O)[C@@H](NC(C)=O)[C@H]([C@H](OC(C)=O)[C@@H](COC(C)=O)OC(C)=O)O1. The third kappa shape index (κ3) is 10.3. The van der Waals surface area contributed by atoms with E-state index in [0.717, 1.165) is 41.5 Å². The molecule has 15 nitrogen and oxygen atoms in total. The molecule has 1 fully saturated rings. The van der Waals surface area contributed by atoms with E-state index in [1.807, 2.05) is 0 Å². The molecule has 0 aromatic rings. The smallest absolute Gasteiger partial charge is 0.380 e. The van der Waals surface area contributed by atoms with Gasteiger partial charge in [-0.25, -0.2) is 4.79 Å². The topological polar surface area (TPSA) is 196 Å². The van der Waals surface area contributed by atoms with Gasteiger partial charge in [0.1, 0.15) is 25.4 Å². The van der Waals surface area contributed by atoms with Crippen LogP contribution in [0.5, 0.6) is 0 Å². The Labute approximate surface area is 224 Å². The summed E-state index contributed by atoms with van der Waals surface area (Å²) in [4.78, 5) is 85.0. The second-order valence-electron chi connectivity index (χ2n) is 8.42. The van der Waals surface area contributed by atoms with E-state index in [9.17, 15) is 33.6 Å². The van der Waals surface area contributed by atoms with E-state index in [2.05, 4.69) is 11.9 Å². The van der Waals surface area contributed by atoms with Gasteiger partial charge < -0.3 is 38.5 Å². The second kappa shape index (κ2) is 14.8. The second-order valence-corrected chi connectivity index (χ2v) is 8.42. The molecule has 0 bridgehead atoms. The summed E-state index contributed by atoms with van der Waals surface area (Å²) in [5.41, 5.74) is 0. The number of ether oxygens (including phenoxy) is 7. The molecule has 39 heavy (non-hydrogen) atoms. The molecule has 218 valence electrons. The lowest BCUT2D eigenvalue weighted by atomic mass is 9.88. The van der Waals surface area contributed by atoms with Crippen molar-refractivity contribution in [3.63, 3.8) is 0 Å². The van der Waals surface area contributed by atoms with E-state index < -0.39 is 91.0 Å². The quantitative estimate of drug-likeness (QED) is 0.185. The highest BCUT2D eigenvalue weighted by Crippen LogP contribution is 2.37. The van der Waals surface area contributed by atoms with Gasteiger partial charge in [0.2, 0.25) is 5.91 Å². The zero-order valence-corrected chi connectivity index (χ0v) is 22.5. The average Bonchev–Trinajstić information content (AvgIpc) is 2.78. The van der Waals surface area contributed by atoms with Crippen molar-refractivity contribution >= 4 is 41.7 Å². The van der Waals surface area contributed by atoms with E-state index in [-0.39, 0.29) is 6.61 Å². The zero-order chi connectivity index (χ0) is 29.9. The van der Waals surface area contributed by atoms with Gasteiger partial charge in [0.25, 0.3) is 0 Å². The van der Waals surface area contributed by atoms with Gasteiger partial charge in [-0.15, -0.1) is 0 Å². The van der Waals surface area contributed by atoms with Gasteiger partial charge in [-0.05, 0) is 0 Å². The van der Waals surface area contributed by atoms with Gasteiger partial charge in [0.05, 0.1) is 12.5 Å². The first-order valence-corrected chi connectivity index (χ1v) is 11.7. The van der Waals surface area contributed by atoms with Gasteiger partial charge in [0, 0.05) is 41.5 Å². The van der Waals surface area contributed by atoms with Crippen LogP contribution in [-0.2, 0) is 66.7 Å². The molecule has 1 aliphatic heterocycles. The van der Waals surface area contributed by atoms with Crippen LogP contribution in [0.25, 0.3) is 0 Å². The predicted octanol–water partition coefficient (Wildman–Crippen LogP) is -0.373. The molecule has 0 aromatic carbocycles. The predicted molar refractivity (Wildman–Crippen MR) is 126 cm³/mol. The minimum Gasteiger partial charge on any atom is -0.462 e. The maximum atomic E-state index is 13.2. The van der Waals surface area contributed by atoms with Crippen molar-refractivity contribution in [2.24, 2.45) is 0 Å². The Bertz CT molecular complexity index is 978. The summed E-state index contributed by atoms with van der Waals surface area (Å²) in [6.45, 7) is 8.67. The molecule has 1 rings (SSSR count). The summed E-state index contributed by atoms with van der Waals surface area (Å²) in [5, 5.41) is 2.50. The summed E-state index contributed by atoms with van der Waals surface area (Å²) in [6.07, 6.45) is -5.87. The van der Waals surface area contributed by atoms with Crippen LogP contribution in [0.15, 0.2) is 12.7 Å². The van der Waals surface area contributed by atoms with Crippen molar-refractivity contribution in [1.29, 1.82) is 0 Å². The zero-order valence-electron chi connectivity index (χ0n) is 22.5. The Morgan fingerprint density at radius 3 is 1.97 bits per heavy atom. The lowest BCUT2D eigenvalue weighted by Crippen LogP contribution is -2.69. The molecule has 1 saturated heterocycles. The van der Waals surface area contributed by atoms with E-state index >= 15 is 0 Å². The Balaban J connectivity index is 3.86. The molecule has 0 radical (unpaired) electrons. The van der Waals surface area contributed by atoms with Crippen molar-refractivity contribution in [2.75, 3.05) is 13.2 Å². The average molecular weight is 560 g/mol. The van der Waals surface area contributed by atoms with Crippen LogP contribution in [0.2, 0.25) is 0 Å². The van der Waals surface area contributed by atoms with E-state index in [1.165, 1.54) is 6.08 Å². The van der Waals surface area contributed by atoms with Gasteiger partial charge in [-0.3, -0.25) is 28.8 Å². The van der Waals surface area contributed by atoms with Crippen molar-refractivity contribution in [3.05, 3.63) is 12.7 Å². The summed E-state index contributed by atoms with van der Waals surface area (Å²) in [7, 11) is 0. The maximum Gasteiger partial charge on any atom is 0.380 e. The van der Waals surface area contributed by atoms with Crippen LogP contribution < -0.4 is 5.32 Å². The van der Waals surface area contributed by atoms with Crippen LogP contribution in [0.1, 0.15) is 48.0 Å². The number of esters is 6. The van der Waals surface area contributed by atoms with Crippen LogP contribution in [0.3, 0.4) is 0 Å². The lowest BCUT2D eigenvalue weighted by molar-refractivity contribution is -0.304. The number of hydrogen-bond acceptors (Lipinski definition) is 14. The highest BCUT2D eigenvalue weighted by Gasteiger charge is 2.60. The monoisotopic (exact) mass is 559 g/mol. The number of amides is 1. The number of hydrogen-bond donors (Lipinski definition) is 1. The van der Waals surface area contributed by atoms with Crippen LogP contribution in [0.4, 0.5) is 0 Å². The Hall–Kier alpha value is -4.01. The minimum absolute atomic E-state index is 0.334. The number of nitrogens with one attached hydrogen (secondary N) is 1. The summed E-state index contributed by atoms with van der Waals surface area (Å²) < 4.78 is 37.2. The van der Waals surface area contributed by atoms with Gasteiger partial charge in [-0.1, -0.05) is 12.7 Å². The minimum atomic E-state index is -2.59. The largest absolute Gasteiger partial charge is 0.462 e. The van der Waals surface area contributed by atoms with E-state index in [0.29, 0.717) is 0 Å². The highest BCUT2D eigenvalue weighted by atomic mass is 16.8. The summed E-state index contributed by atoms with van der Waals surface area (Å²) in [6, 6.07) is -1.37. The first kappa shape index (κ1) is 33.0. The molecule has 0 aromatic heterocycles. The fourth-order valence-electron chi connectivity index (χ4n) is 3.82. The number of rotatable bonds is 12. The normalized spacial score (nSPS) is 23.6. The molecule has 1 N–H and O–H groups in total. The van der Waals surface area contributed by atoms with E-state index in [1.54, 1.807) is 0 Å². The molecule has 1 aliphatic rings. The van der Waals surface area contributed by atoms with Gasteiger partial charge >= 0.3 is 41.6 Å². The lowest BCUT2D eigenvalue weighted by Gasteiger charge is -2.48. The first-order chi connectivity index (χ1) is 18.1. The van der Waals surface area contributed by atoms with E-state index in [4.69, 9.17) is 33.2 Å². The van der Waals surface area contributed by atoms with Crippen LogP contribution >= 0.6 is 0 Å². The highest BCUT2D eigenvalue weighted by molar-refractivity contribution is 5.82. The summed E-state index contributed by atoms with van der Waals surface area (Å²) in [5.74, 6) is -8.96. The molecule has 1 amide bonds. The van der Waals surface area contributed by atoms with Crippen molar-refractivity contribution < 1.29 is 66.7 Å². The summed E-state index contributed by atoms with van der Waals surface area (Å²) >= 11 is 0. The fourth-order valence-corrected chi connectivity index (χ4v) is 3.82. The van der Waals surface area contributed by atoms with Crippen LogP contribution in [0, 0.1) is 0 Å². The molecule has 0 aliphatic carbocycles. The molecule has 0 saturated carbocycles. The van der Waals surface area contributed by atoms with Gasteiger partial charge in [0.15, 0.2) is 12.2 Å². The molecule has 0 spiro atoms. The fraction of sp³-hybridized carbons (Fsp3) is 0.625. The first-order valence-electron chi connectivity index (χ1n) is 11.7. The molecule has 1 unspecified atom stereocenters. The van der Waals surface area contributed by atoms with Crippen molar-refractivity contribution in [2.45, 2.75) is 84.2 Å². The molecule has 6 atom stereocenters.